The number of amides is 1. The molecule has 2 saturated heterocycles. The molecule has 24 heavy (non-hydrogen) atoms. The average Bonchev–Trinajstić information content (AvgIpc) is 3.35. The van der Waals surface area contributed by atoms with Crippen molar-refractivity contribution < 1.29 is 4.79 Å². The highest BCUT2D eigenvalue weighted by Crippen LogP contribution is 2.32. The summed E-state index contributed by atoms with van der Waals surface area (Å²) >= 11 is 0. The molecule has 1 amide bonds. The Morgan fingerprint density at radius 3 is 2.79 bits per heavy atom. The number of pyridine rings is 1. The zero-order valence-electron chi connectivity index (χ0n) is 14.0. The topological polar surface area (TPSA) is 65.1 Å². The summed E-state index contributed by atoms with van der Waals surface area (Å²) in [6.07, 6.45) is 7.96. The van der Waals surface area contributed by atoms with E-state index in [1.807, 2.05) is 30.2 Å². The second-order valence-corrected chi connectivity index (χ2v) is 6.70. The van der Waals surface area contributed by atoms with Crippen LogP contribution in [0.15, 0.2) is 24.5 Å². The first kappa shape index (κ1) is 15.2. The molecule has 0 spiro atoms. The van der Waals surface area contributed by atoms with Crippen LogP contribution in [-0.2, 0) is 0 Å². The normalized spacial score (nSPS) is 20.8. The van der Waals surface area contributed by atoms with E-state index < -0.39 is 0 Å². The molecule has 0 unspecified atom stereocenters. The molecule has 1 N–H and O–H groups in total. The van der Waals surface area contributed by atoms with Crippen molar-refractivity contribution in [2.24, 2.45) is 0 Å². The molecule has 0 bridgehead atoms. The summed E-state index contributed by atoms with van der Waals surface area (Å²) in [5, 5.41) is 0. The summed E-state index contributed by atoms with van der Waals surface area (Å²) in [5.74, 6) is 1.89. The molecule has 0 aromatic carbocycles. The minimum Gasteiger partial charge on any atom is -0.357 e. The van der Waals surface area contributed by atoms with Gasteiger partial charge in [-0.05, 0) is 44.7 Å². The van der Waals surface area contributed by atoms with Gasteiger partial charge in [-0.1, -0.05) is 0 Å². The molecule has 6 nitrogen and oxygen atoms in total. The summed E-state index contributed by atoms with van der Waals surface area (Å²) in [7, 11) is 0. The van der Waals surface area contributed by atoms with Crippen LogP contribution >= 0.6 is 0 Å². The van der Waals surface area contributed by atoms with Gasteiger partial charge in [-0.25, -0.2) is 9.97 Å². The third kappa shape index (κ3) is 2.77. The number of rotatable bonds is 3. The number of anilines is 1. The number of hydrogen-bond donors (Lipinski definition) is 1. The van der Waals surface area contributed by atoms with Crippen LogP contribution in [0.2, 0.25) is 0 Å². The zero-order chi connectivity index (χ0) is 16.5. The number of hydrogen-bond acceptors (Lipinski definition) is 4. The molecule has 0 saturated carbocycles. The standard InChI is InChI=1S/C18H23N5O/c1-13-12-20-17(21-13)15-5-4-10-23(15)18(24)14-6-7-19-16(11-14)22-8-2-3-9-22/h6-7,11-12,15H,2-5,8-10H2,1H3,(H,20,21)/t15-/m0/s1. The SMILES string of the molecule is Cc1cnc([C@@H]2CCCN2C(=O)c2ccnc(N3CCCC3)c2)[nH]1. The maximum atomic E-state index is 13.0. The van der Waals surface area contributed by atoms with Gasteiger partial charge in [-0.15, -0.1) is 0 Å². The van der Waals surface area contributed by atoms with Crippen LogP contribution in [0.4, 0.5) is 5.82 Å². The average molecular weight is 325 g/mol. The summed E-state index contributed by atoms with van der Waals surface area (Å²) in [6.45, 7) is 4.83. The molecule has 6 heteroatoms. The molecule has 4 rings (SSSR count). The molecule has 1 atom stereocenters. The van der Waals surface area contributed by atoms with Crippen molar-refractivity contribution in [3.63, 3.8) is 0 Å². The Hall–Kier alpha value is -2.37. The van der Waals surface area contributed by atoms with E-state index in [1.165, 1.54) is 12.8 Å². The van der Waals surface area contributed by atoms with Gasteiger partial charge in [0.25, 0.3) is 5.91 Å². The lowest BCUT2D eigenvalue weighted by Crippen LogP contribution is -2.31. The van der Waals surface area contributed by atoms with Crippen LogP contribution in [0.1, 0.15) is 53.6 Å². The zero-order valence-corrected chi connectivity index (χ0v) is 14.0. The number of aryl methyl sites for hydroxylation is 1. The van der Waals surface area contributed by atoms with E-state index in [-0.39, 0.29) is 11.9 Å². The van der Waals surface area contributed by atoms with Gasteiger partial charge in [0.1, 0.15) is 11.6 Å². The molecule has 2 aromatic heterocycles. The molecule has 126 valence electrons. The lowest BCUT2D eigenvalue weighted by atomic mass is 10.1. The van der Waals surface area contributed by atoms with Crippen molar-refractivity contribution in [2.75, 3.05) is 24.5 Å². The predicted molar refractivity (Wildman–Crippen MR) is 92.0 cm³/mol. The Labute approximate surface area is 141 Å². The first-order valence-electron chi connectivity index (χ1n) is 8.76. The maximum Gasteiger partial charge on any atom is 0.254 e. The molecule has 0 aliphatic carbocycles. The fourth-order valence-corrected chi connectivity index (χ4v) is 3.73. The molecule has 2 aliphatic heterocycles. The van der Waals surface area contributed by atoms with Crippen molar-refractivity contribution >= 4 is 11.7 Å². The lowest BCUT2D eigenvalue weighted by Gasteiger charge is -2.24. The predicted octanol–water partition coefficient (Wildman–Crippen LogP) is 2.69. The largest absolute Gasteiger partial charge is 0.357 e. The van der Waals surface area contributed by atoms with E-state index in [2.05, 4.69) is 19.9 Å². The van der Waals surface area contributed by atoms with Crippen LogP contribution in [0.5, 0.6) is 0 Å². The van der Waals surface area contributed by atoms with Crippen LogP contribution in [-0.4, -0.2) is 45.4 Å². The van der Waals surface area contributed by atoms with Crippen molar-refractivity contribution in [3.05, 3.63) is 41.6 Å². The molecule has 0 radical (unpaired) electrons. The van der Waals surface area contributed by atoms with Gasteiger partial charge in [0.15, 0.2) is 0 Å². The Kier molecular flexibility index (Phi) is 3.96. The second kappa shape index (κ2) is 6.26. The smallest absolute Gasteiger partial charge is 0.254 e. The Bertz CT molecular complexity index is 735. The van der Waals surface area contributed by atoms with Crippen molar-refractivity contribution in [1.82, 2.24) is 19.9 Å². The third-order valence-corrected chi connectivity index (χ3v) is 4.97. The van der Waals surface area contributed by atoms with Gasteiger partial charge >= 0.3 is 0 Å². The molecule has 2 fully saturated rings. The number of aromatic amines is 1. The first-order chi connectivity index (χ1) is 11.7. The number of carbonyl (C=O) groups is 1. The van der Waals surface area contributed by atoms with E-state index >= 15 is 0 Å². The Balaban J connectivity index is 1.57. The van der Waals surface area contributed by atoms with Gasteiger partial charge in [-0.3, -0.25) is 4.79 Å². The van der Waals surface area contributed by atoms with E-state index in [0.29, 0.717) is 0 Å². The van der Waals surface area contributed by atoms with Crippen LogP contribution in [0.25, 0.3) is 0 Å². The highest BCUT2D eigenvalue weighted by atomic mass is 16.2. The fraction of sp³-hybridized carbons (Fsp3) is 0.500. The third-order valence-electron chi connectivity index (χ3n) is 4.97. The number of imidazole rings is 1. The molecular weight excluding hydrogens is 302 g/mol. The molecular formula is C18H23N5O. The number of carbonyl (C=O) groups excluding carboxylic acids is 1. The highest BCUT2D eigenvalue weighted by molar-refractivity contribution is 5.95. The number of aromatic nitrogens is 3. The van der Waals surface area contributed by atoms with Crippen molar-refractivity contribution in [2.45, 2.75) is 38.6 Å². The second-order valence-electron chi connectivity index (χ2n) is 6.70. The summed E-state index contributed by atoms with van der Waals surface area (Å²) in [4.78, 5) is 29.4. The van der Waals surface area contributed by atoms with E-state index in [9.17, 15) is 4.79 Å². The summed E-state index contributed by atoms with van der Waals surface area (Å²) < 4.78 is 0. The Morgan fingerprint density at radius 2 is 2.04 bits per heavy atom. The number of H-pyrrole nitrogens is 1. The summed E-state index contributed by atoms with van der Waals surface area (Å²) in [6, 6.07) is 3.82. The van der Waals surface area contributed by atoms with Gasteiger partial charge in [0.05, 0.1) is 6.04 Å². The fourth-order valence-electron chi connectivity index (χ4n) is 3.73. The lowest BCUT2D eigenvalue weighted by molar-refractivity contribution is 0.0730. The van der Waals surface area contributed by atoms with E-state index in [4.69, 9.17) is 0 Å². The number of nitrogens with one attached hydrogen (secondary N) is 1. The van der Waals surface area contributed by atoms with Crippen molar-refractivity contribution in [3.8, 4) is 0 Å². The van der Waals surface area contributed by atoms with Crippen LogP contribution < -0.4 is 4.90 Å². The van der Waals surface area contributed by atoms with Crippen LogP contribution in [0.3, 0.4) is 0 Å². The van der Waals surface area contributed by atoms with Crippen LogP contribution in [0, 0.1) is 6.92 Å². The number of likely N-dealkylation sites (tertiary alicyclic amines) is 1. The van der Waals surface area contributed by atoms with E-state index in [0.717, 1.165) is 55.4 Å². The highest BCUT2D eigenvalue weighted by Gasteiger charge is 2.32. The Morgan fingerprint density at radius 1 is 1.21 bits per heavy atom. The van der Waals surface area contributed by atoms with Gasteiger partial charge in [0.2, 0.25) is 0 Å². The molecule has 2 aromatic rings. The quantitative estimate of drug-likeness (QED) is 0.942. The van der Waals surface area contributed by atoms with Crippen molar-refractivity contribution in [1.29, 1.82) is 0 Å². The molecule has 2 aliphatic rings. The van der Waals surface area contributed by atoms with Gasteiger partial charge < -0.3 is 14.8 Å². The maximum absolute atomic E-state index is 13.0. The monoisotopic (exact) mass is 325 g/mol. The van der Waals surface area contributed by atoms with E-state index in [1.54, 1.807) is 6.20 Å². The summed E-state index contributed by atoms with van der Waals surface area (Å²) in [5.41, 5.74) is 1.76. The number of nitrogens with zero attached hydrogens (tertiary/aromatic N) is 4. The first-order valence-corrected chi connectivity index (χ1v) is 8.76. The molecule has 4 heterocycles. The van der Waals surface area contributed by atoms with Gasteiger partial charge in [0, 0.05) is 43.3 Å². The minimum absolute atomic E-state index is 0.0506. The van der Waals surface area contributed by atoms with Gasteiger partial charge in [-0.2, -0.15) is 0 Å². The minimum atomic E-state index is 0.0506.